The van der Waals surface area contributed by atoms with Crippen LogP contribution in [0.25, 0.3) is 17.1 Å². The number of morpholine rings is 1. The first-order chi connectivity index (χ1) is 15.7. The maximum atomic E-state index is 6.26. The van der Waals surface area contributed by atoms with E-state index in [9.17, 15) is 0 Å². The lowest BCUT2D eigenvalue weighted by atomic mass is 10.2. The molecule has 0 atom stereocenters. The van der Waals surface area contributed by atoms with Crippen molar-refractivity contribution in [3.05, 3.63) is 65.0 Å². The summed E-state index contributed by atoms with van der Waals surface area (Å²) in [6.07, 6.45) is 0. The van der Waals surface area contributed by atoms with Crippen molar-refractivity contribution in [2.75, 3.05) is 31.2 Å². The average molecular weight is 469 g/mol. The van der Waals surface area contributed by atoms with E-state index in [-0.39, 0.29) is 0 Å². The molecule has 8 nitrogen and oxygen atoms in total. The molecule has 1 aliphatic heterocycles. The van der Waals surface area contributed by atoms with E-state index in [0.29, 0.717) is 35.7 Å². The SMILES string of the molecule is Cc1cccc(-n2c(SCc3nc(-c4ccccc4Cl)no3)nnc2N2CCOCC2)c1. The van der Waals surface area contributed by atoms with Crippen molar-refractivity contribution in [1.82, 2.24) is 24.9 Å². The Morgan fingerprint density at radius 2 is 1.91 bits per heavy atom. The summed E-state index contributed by atoms with van der Waals surface area (Å²) < 4.78 is 13.0. The molecule has 0 bridgehead atoms. The molecule has 1 aliphatic rings. The number of rotatable bonds is 6. The molecule has 0 spiro atoms. The third-order valence-electron chi connectivity index (χ3n) is 5.08. The summed E-state index contributed by atoms with van der Waals surface area (Å²) in [4.78, 5) is 6.70. The topological polar surface area (TPSA) is 82.1 Å². The molecule has 0 amide bonds. The third-order valence-corrected chi connectivity index (χ3v) is 6.32. The van der Waals surface area contributed by atoms with Crippen LogP contribution in [0.1, 0.15) is 11.5 Å². The van der Waals surface area contributed by atoms with Crippen LogP contribution < -0.4 is 4.90 Å². The molecule has 0 unspecified atom stereocenters. The van der Waals surface area contributed by atoms with Gasteiger partial charge in [-0.25, -0.2) is 0 Å². The fourth-order valence-corrected chi connectivity index (χ4v) is 4.51. The molecule has 0 aliphatic carbocycles. The van der Waals surface area contributed by atoms with Gasteiger partial charge in [-0.1, -0.05) is 52.8 Å². The lowest BCUT2D eigenvalue weighted by Gasteiger charge is -2.28. The minimum Gasteiger partial charge on any atom is -0.378 e. The van der Waals surface area contributed by atoms with E-state index in [1.807, 2.05) is 24.3 Å². The number of halogens is 1. The number of aromatic nitrogens is 5. The Kier molecular flexibility index (Phi) is 6.11. The van der Waals surface area contributed by atoms with Crippen molar-refractivity contribution in [3.63, 3.8) is 0 Å². The van der Waals surface area contributed by atoms with E-state index < -0.39 is 0 Å². The summed E-state index contributed by atoms with van der Waals surface area (Å²) in [7, 11) is 0. The van der Waals surface area contributed by atoms with Gasteiger partial charge in [-0.05, 0) is 36.8 Å². The van der Waals surface area contributed by atoms with Crippen LogP contribution in [-0.4, -0.2) is 51.2 Å². The zero-order chi connectivity index (χ0) is 21.9. The smallest absolute Gasteiger partial charge is 0.237 e. The second kappa shape index (κ2) is 9.32. The fraction of sp³-hybridized carbons (Fsp3) is 0.273. The summed E-state index contributed by atoms with van der Waals surface area (Å²) in [6, 6.07) is 15.7. The van der Waals surface area contributed by atoms with Crippen LogP contribution in [0, 0.1) is 6.92 Å². The number of thioether (sulfide) groups is 1. The van der Waals surface area contributed by atoms with E-state index in [1.54, 1.807) is 6.07 Å². The Bertz CT molecular complexity index is 1220. The Labute approximate surface area is 194 Å². The highest BCUT2D eigenvalue weighted by Gasteiger charge is 2.22. The van der Waals surface area contributed by atoms with Gasteiger partial charge in [0.2, 0.25) is 17.7 Å². The minimum absolute atomic E-state index is 0.463. The Balaban J connectivity index is 1.41. The molecule has 10 heteroatoms. The molecule has 0 N–H and O–H groups in total. The molecular formula is C22H21ClN6O2S. The van der Waals surface area contributed by atoms with Crippen molar-refractivity contribution >= 4 is 29.3 Å². The van der Waals surface area contributed by atoms with Gasteiger partial charge in [-0.2, -0.15) is 4.98 Å². The van der Waals surface area contributed by atoms with Crippen molar-refractivity contribution < 1.29 is 9.26 Å². The summed E-state index contributed by atoms with van der Waals surface area (Å²) in [5, 5.41) is 14.4. The number of benzene rings is 2. The molecule has 32 heavy (non-hydrogen) atoms. The summed E-state index contributed by atoms with van der Waals surface area (Å²) in [5.41, 5.74) is 2.93. The first-order valence-electron chi connectivity index (χ1n) is 10.2. The van der Waals surface area contributed by atoms with Gasteiger partial charge in [-0.15, -0.1) is 10.2 Å². The summed E-state index contributed by atoms with van der Waals surface area (Å²) in [5.74, 6) is 2.24. The van der Waals surface area contributed by atoms with Crippen molar-refractivity contribution in [3.8, 4) is 17.1 Å². The zero-order valence-electron chi connectivity index (χ0n) is 17.4. The Morgan fingerprint density at radius 3 is 2.72 bits per heavy atom. The average Bonchev–Trinajstić information content (AvgIpc) is 3.46. The molecule has 3 heterocycles. The number of anilines is 1. The number of aryl methyl sites for hydroxylation is 1. The molecule has 0 saturated carbocycles. The molecule has 4 aromatic rings. The van der Waals surface area contributed by atoms with Crippen molar-refractivity contribution in [1.29, 1.82) is 0 Å². The number of ether oxygens (including phenoxy) is 1. The lowest BCUT2D eigenvalue weighted by Crippen LogP contribution is -2.37. The van der Waals surface area contributed by atoms with Gasteiger partial charge in [0, 0.05) is 18.7 Å². The summed E-state index contributed by atoms with van der Waals surface area (Å²) >= 11 is 7.76. The Hall–Kier alpha value is -2.88. The normalized spacial score (nSPS) is 14.1. The Morgan fingerprint density at radius 1 is 1.06 bits per heavy atom. The molecule has 0 radical (unpaired) electrons. The maximum absolute atomic E-state index is 6.26. The molecule has 2 aromatic heterocycles. The van der Waals surface area contributed by atoms with Gasteiger partial charge in [0.05, 0.1) is 29.7 Å². The zero-order valence-corrected chi connectivity index (χ0v) is 19.0. The van der Waals surface area contributed by atoms with Crippen LogP contribution in [0.2, 0.25) is 5.02 Å². The second-order valence-electron chi connectivity index (χ2n) is 7.34. The van der Waals surface area contributed by atoms with Crippen LogP contribution >= 0.6 is 23.4 Å². The van der Waals surface area contributed by atoms with E-state index in [4.69, 9.17) is 20.9 Å². The van der Waals surface area contributed by atoms with E-state index in [0.717, 1.165) is 35.4 Å². The van der Waals surface area contributed by atoms with E-state index >= 15 is 0 Å². The maximum Gasteiger partial charge on any atom is 0.237 e. The van der Waals surface area contributed by atoms with Crippen LogP contribution in [0.4, 0.5) is 5.95 Å². The van der Waals surface area contributed by atoms with Crippen LogP contribution in [0.5, 0.6) is 0 Å². The highest BCUT2D eigenvalue weighted by atomic mass is 35.5. The van der Waals surface area contributed by atoms with Gasteiger partial charge >= 0.3 is 0 Å². The monoisotopic (exact) mass is 468 g/mol. The van der Waals surface area contributed by atoms with Crippen LogP contribution in [0.3, 0.4) is 0 Å². The van der Waals surface area contributed by atoms with Gasteiger partial charge in [0.1, 0.15) is 0 Å². The number of hydrogen-bond acceptors (Lipinski definition) is 8. The van der Waals surface area contributed by atoms with Crippen LogP contribution in [-0.2, 0) is 10.5 Å². The van der Waals surface area contributed by atoms with E-state index in [2.05, 4.69) is 54.9 Å². The first kappa shape index (κ1) is 21.0. The predicted molar refractivity (Wildman–Crippen MR) is 123 cm³/mol. The molecule has 1 saturated heterocycles. The molecule has 2 aromatic carbocycles. The number of nitrogens with zero attached hydrogens (tertiary/aromatic N) is 6. The molecule has 164 valence electrons. The summed E-state index contributed by atoms with van der Waals surface area (Å²) in [6.45, 7) is 4.98. The van der Waals surface area contributed by atoms with Crippen molar-refractivity contribution in [2.45, 2.75) is 17.8 Å². The van der Waals surface area contributed by atoms with Gasteiger partial charge in [0.15, 0.2) is 5.16 Å². The van der Waals surface area contributed by atoms with E-state index in [1.165, 1.54) is 17.3 Å². The highest BCUT2D eigenvalue weighted by molar-refractivity contribution is 7.98. The number of hydrogen-bond donors (Lipinski definition) is 0. The van der Waals surface area contributed by atoms with Crippen molar-refractivity contribution in [2.24, 2.45) is 0 Å². The molecule has 1 fully saturated rings. The van der Waals surface area contributed by atoms with Gasteiger partial charge in [0.25, 0.3) is 0 Å². The highest BCUT2D eigenvalue weighted by Crippen LogP contribution is 2.30. The second-order valence-corrected chi connectivity index (χ2v) is 8.69. The van der Waals surface area contributed by atoms with Gasteiger partial charge < -0.3 is 14.2 Å². The standard InChI is InChI=1S/C22H21ClN6O2S/c1-15-5-4-6-16(13-15)29-21(28-9-11-30-12-10-28)25-26-22(29)32-14-19-24-20(27-31-19)17-7-2-3-8-18(17)23/h2-8,13H,9-12,14H2,1H3. The minimum atomic E-state index is 0.463. The van der Waals surface area contributed by atoms with Gasteiger partial charge in [-0.3, -0.25) is 4.57 Å². The van der Waals surface area contributed by atoms with Crippen LogP contribution in [0.15, 0.2) is 58.2 Å². The third kappa shape index (κ3) is 4.36. The fourth-order valence-electron chi connectivity index (χ4n) is 3.51. The lowest BCUT2D eigenvalue weighted by molar-refractivity contribution is 0.122. The predicted octanol–water partition coefficient (Wildman–Crippen LogP) is 4.41. The first-order valence-corrected chi connectivity index (χ1v) is 11.6. The molecular weight excluding hydrogens is 448 g/mol. The largest absolute Gasteiger partial charge is 0.378 e. The molecule has 5 rings (SSSR count). The quantitative estimate of drug-likeness (QED) is 0.385.